The summed E-state index contributed by atoms with van der Waals surface area (Å²) in [5, 5.41) is 10.5. The van der Waals surface area contributed by atoms with E-state index in [1.807, 2.05) is 66.7 Å². The fourth-order valence-corrected chi connectivity index (χ4v) is 3.12. The second-order valence-corrected chi connectivity index (χ2v) is 6.78. The number of methoxy groups -OCH3 is 1. The van der Waals surface area contributed by atoms with Gasteiger partial charge in [-0.05, 0) is 35.4 Å². The number of benzene rings is 3. The Morgan fingerprint density at radius 1 is 0.786 bits per heavy atom. The third kappa shape index (κ3) is 6.41. The van der Waals surface area contributed by atoms with Crippen LogP contribution in [0, 0.1) is 0 Å². The molecule has 146 valence electrons. The van der Waals surface area contributed by atoms with Crippen LogP contribution in [0.5, 0.6) is 11.5 Å². The maximum atomic E-state index is 10.5. The lowest BCUT2D eigenvalue weighted by atomic mass is 10.1. The van der Waals surface area contributed by atoms with Crippen molar-refractivity contribution < 1.29 is 14.6 Å². The molecule has 0 saturated carbocycles. The lowest BCUT2D eigenvalue weighted by molar-refractivity contribution is 0.0628. The van der Waals surface area contributed by atoms with Crippen LogP contribution in [0.1, 0.15) is 11.1 Å². The summed E-state index contributed by atoms with van der Waals surface area (Å²) in [4.78, 5) is 2.23. The van der Waals surface area contributed by atoms with E-state index < -0.39 is 6.10 Å². The molecule has 3 rings (SSSR count). The highest BCUT2D eigenvalue weighted by atomic mass is 16.5. The number of ether oxygens (including phenoxy) is 2. The number of hydrogen-bond donors (Lipinski definition) is 1. The number of aliphatic hydroxyl groups is 1. The molecule has 0 aliphatic heterocycles. The van der Waals surface area contributed by atoms with E-state index in [1.54, 1.807) is 7.11 Å². The standard InChI is InChI=1S/C24H27NO3/c1-27-24-14-8-11-21(15-24)17-25(16-20-9-4-2-5-10-20)18-22(26)19-28-23-12-6-3-7-13-23/h2-15,22,26H,16-19H2,1H3/t22-/m0/s1. The maximum absolute atomic E-state index is 10.5. The van der Waals surface area contributed by atoms with E-state index >= 15 is 0 Å². The van der Waals surface area contributed by atoms with E-state index in [0.29, 0.717) is 13.1 Å². The summed E-state index contributed by atoms with van der Waals surface area (Å²) in [6.45, 7) is 2.24. The molecule has 0 aliphatic carbocycles. The van der Waals surface area contributed by atoms with E-state index in [-0.39, 0.29) is 6.61 Å². The van der Waals surface area contributed by atoms with Crippen LogP contribution >= 0.6 is 0 Å². The first-order valence-electron chi connectivity index (χ1n) is 9.48. The minimum atomic E-state index is -0.588. The predicted molar refractivity (Wildman–Crippen MR) is 111 cm³/mol. The van der Waals surface area contributed by atoms with E-state index in [0.717, 1.165) is 23.6 Å². The summed E-state index contributed by atoms with van der Waals surface area (Å²) in [6.07, 6.45) is -0.588. The monoisotopic (exact) mass is 377 g/mol. The van der Waals surface area contributed by atoms with Crippen LogP contribution in [0.4, 0.5) is 0 Å². The van der Waals surface area contributed by atoms with E-state index in [2.05, 4.69) is 23.1 Å². The highest BCUT2D eigenvalue weighted by Gasteiger charge is 2.14. The summed E-state index contributed by atoms with van der Waals surface area (Å²) in [6, 6.07) is 27.9. The van der Waals surface area contributed by atoms with E-state index in [4.69, 9.17) is 9.47 Å². The Kier molecular flexibility index (Phi) is 7.47. The first-order valence-corrected chi connectivity index (χ1v) is 9.48. The van der Waals surface area contributed by atoms with Gasteiger partial charge in [-0.15, -0.1) is 0 Å². The van der Waals surface area contributed by atoms with Gasteiger partial charge in [0.2, 0.25) is 0 Å². The van der Waals surface area contributed by atoms with Gasteiger partial charge in [-0.3, -0.25) is 4.90 Å². The van der Waals surface area contributed by atoms with Gasteiger partial charge in [0, 0.05) is 19.6 Å². The van der Waals surface area contributed by atoms with Crippen LogP contribution in [0.3, 0.4) is 0 Å². The molecule has 0 fully saturated rings. The lowest BCUT2D eigenvalue weighted by Crippen LogP contribution is -2.35. The number of hydrogen-bond acceptors (Lipinski definition) is 4. The van der Waals surface area contributed by atoms with Crippen LogP contribution < -0.4 is 9.47 Å². The van der Waals surface area contributed by atoms with Crippen molar-refractivity contribution in [2.75, 3.05) is 20.3 Å². The number of rotatable bonds is 10. The van der Waals surface area contributed by atoms with Gasteiger partial charge in [-0.25, -0.2) is 0 Å². The first-order chi connectivity index (χ1) is 13.7. The highest BCUT2D eigenvalue weighted by Crippen LogP contribution is 2.17. The van der Waals surface area contributed by atoms with Crippen molar-refractivity contribution in [3.05, 3.63) is 96.1 Å². The fraction of sp³-hybridized carbons (Fsp3) is 0.250. The molecule has 0 radical (unpaired) electrons. The Balaban J connectivity index is 1.64. The SMILES string of the molecule is COc1cccc(CN(Cc2ccccc2)C[C@H](O)COc2ccccc2)c1. The molecule has 4 heteroatoms. The van der Waals surface area contributed by atoms with Crippen LogP contribution in [-0.4, -0.2) is 36.4 Å². The summed E-state index contributed by atoms with van der Waals surface area (Å²) in [5.41, 5.74) is 2.35. The largest absolute Gasteiger partial charge is 0.497 e. The van der Waals surface area contributed by atoms with Crippen molar-refractivity contribution in [3.8, 4) is 11.5 Å². The zero-order chi connectivity index (χ0) is 19.6. The molecule has 0 heterocycles. The summed E-state index contributed by atoms with van der Waals surface area (Å²) in [7, 11) is 1.67. The molecule has 28 heavy (non-hydrogen) atoms. The smallest absolute Gasteiger partial charge is 0.119 e. The minimum absolute atomic E-state index is 0.257. The Morgan fingerprint density at radius 3 is 2.11 bits per heavy atom. The van der Waals surface area contributed by atoms with Crippen LogP contribution in [0.25, 0.3) is 0 Å². The van der Waals surface area contributed by atoms with Crippen molar-refractivity contribution in [1.82, 2.24) is 4.90 Å². The molecule has 0 spiro atoms. The summed E-state index contributed by atoms with van der Waals surface area (Å²) >= 11 is 0. The maximum Gasteiger partial charge on any atom is 0.119 e. The van der Waals surface area contributed by atoms with Crippen LogP contribution in [0.15, 0.2) is 84.9 Å². The molecule has 0 unspecified atom stereocenters. The van der Waals surface area contributed by atoms with Gasteiger partial charge >= 0.3 is 0 Å². The molecular weight excluding hydrogens is 350 g/mol. The Hall–Kier alpha value is -2.82. The molecule has 0 aliphatic rings. The highest BCUT2D eigenvalue weighted by molar-refractivity contribution is 5.28. The molecule has 3 aromatic rings. The van der Waals surface area contributed by atoms with Crippen molar-refractivity contribution in [3.63, 3.8) is 0 Å². The van der Waals surface area contributed by atoms with Gasteiger partial charge in [0.15, 0.2) is 0 Å². The molecule has 1 N–H and O–H groups in total. The van der Waals surface area contributed by atoms with Crippen molar-refractivity contribution in [2.24, 2.45) is 0 Å². The van der Waals surface area contributed by atoms with Gasteiger partial charge < -0.3 is 14.6 Å². The van der Waals surface area contributed by atoms with Gasteiger partial charge in [-0.1, -0.05) is 60.7 Å². The Bertz CT molecular complexity index is 824. The normalized spacial score (nSPS) is 12.0. The third-order valence-corrected chi connectivity index (χ3v) is 4.44. The van der Waals surface area contributed by atoms with Crippen molar-refractivity contribution in [1.29, 1.82) is 0 Å². The number of nitrogens with zero attached hydrogens (tertiary/aromatic N) is 1. The Morgan fingerprint density at radius 2 is 1.39 bits per heavy atom. The number of para-hydroxylation sites is 1. The Labute approximate surface area is 167 Å². The molecular formula is C24H27NO3. The lowest BCUT2D eigenvalue weighted by Gasteiger charge is -2.25. The molecule has 3 aromatic carbocycles. The number of aliphatic hydroxyl groups excluding tert-OH is 1. The fourth-order valence-electron chi connectivity index (χ4n) is 3.12. The second-order valence-electron chi connectivity index (χ2n) is 6.78. The molecule has 0 aromatic heterocycles. The molecule has 0 bridgehead atoms. The van der Waals surface area contributed by atoms with E-state index in [9.17, 15) is 5.11 Å². The summed E-state index contributed by atoms with van der Waals surface area (Å²) in [5.74, 6) is 1.61. The average Bonchev–Trinajstić information content (AvgIpc) is 2.74. The van der Waals surface area contributed by atoms with Gasteiger partial charge in [0.25, 0.3) is 0 Å². The van der Waals surface area contributed by atoms with Gasteiger partial charge in [0.1, 0.15) is 24.2 Å². The first kappa shape index (κ1) is 19.9. The van der Waals surface area contributed by atoms with E-state index in [1.165, 1.54) is 5.56 Å². The van der Waals surface area contributed by atoms with Crippen molar-refractivity contribution in [2.45, 2.75) is 19.2 Å². The topological polar surface area (TPSA) is 41.9 Å². The minimum Gasteiger partial charge on any atom is -0.497 e. The molecule has 4 nitrogen and oxygen atoms in total. The third-order valence-electron chi connectivity index (χ3n) is 4.44. The van der Waals surface area contributed by atoms with Gasteiger partial charge in [0.05, 0.1) is 7.11 Å². The quantitative estimate of drug-likeness (QED) is 0.577. The van der Waals surface area contributed by atoms with Crippen LogP contribution in [-0.2, 0) is 13.1 Å². The second kappa shape index (κ2) is 10.5. The average molecular weight is 377 g/mol. The zero-order valence-electron chi connectivity index (χ0n) is 16.2. The molecule has 0 amide bonds. The molecule has 0 saturated heterocycles. The summed E-state index contributed by atoms with van der Waals surface area (Å²) < 4.78 is 11.0. The van der Waals surface area contributed by atoms with Crippen molar-refractivity contribution >= 4 is 0 Å². The molecule has 1 atom stereocenters. The van der Waals surface area contributed by atoms with Gasteiger partial charge in [-0.2, -0.15) is 0 Å². The predicted octanol–water partition coefficient (Wildman–Crippen LogP) is 4.14. The van der Waals surface area contributed by atoms with Crippen LogP contribution in [0.2, 0.25) is 0 Å². The zero-order valence-corrected chi connectivity index (χ0v) is 16.2.